The average molecular weight is 215 g/mol. The van der Waals surface area contributed by atoms with Gasteiger partial charge in [-0.2, -0.15) is 0 Å². The molecule has 0 radical (unpaired) electrons. The Morgan fingerprint density at radius 1 is 1.13 bits per heavy atom. The van der Waals surface area contributed by atoms with Crippen molar-refractivity contribution in [3.8, 4) is 0 Å². The predicted octanol–water partition coefficient (Wildman–Crippen LogP) is 1.64. The number of esters is 1. The lowest BCUT2D eigenvalue weighted by Crippen LogP contribution is -2.25. The fourth-order valence-electron chi connectivity index (χ4n) is 1.21. The highest BCUT2D eigenvalue weighted by Crippen LogP contribution is 2.01. The zero-order valence-electron chi connectivity index (χ0n) is 9.67. The van der Waals surface area contributed by atoms with Crippen LogP contribution in [0.25, 0.3) is 0 Å². The molecule has 0 aliphatic carbocycles. The van der Waals surface area contributed by atoms with E-state index in [0.29, 0.717) is 13.0 Å². The Balaban J connectivity index is 3.29. The largest absolute Gasteiger partial charge is 0.469 e. The summed E-state index contributed by atoms with van der Waals surface area (Å²) in [6, 6.07) is 0. The smallest absolute Gasteiger partial charge is 0.307 e. The first kappa shape index (κ1) is 13.9. The van der Waals surface area contributed by atoms with E-state index in [0.717, 1.165) is 12.8 Å². The molecule has 15 heavy (non-hydrogen) atoms. The first-order valence-electron chi connectivity index (χ1n) is 5.54. The molecule has 88 valence electrons. The van der Waals surface area contributed by atoms with Crippen molar-refractivity contribution in [3.05, 3.63) is 0 Å². The molecule has 0 aliphatic rings. The minimum atomic E-state index is -0.290. The maximum Gasteiger partial charge on any atom is 0.307 e. The van der Waals surface area contributed by atoms with E-state index in [1.54, 1.807) is 0 Å². The lowest BCUT2D eigenvalue weighted by atomic mass is 10.1. The Labute approximate surface area is 91.4 Å². The molecule has 0 spiro atoms. The Bertz CT molecular complexity index is 192. The van der Waals surface area contributed by atoms with Crippen molar-refractivity contribution in [1.82, 2.24) is 5.32 Å². The average Bonchev–Trinajstić information content (AvgIpc) is 2.24. The summed E-state index contributed by atoms with van der Waals surface area (Å²) in [6.45, 7) is 2.51. The van der Waals surface area contributed by atoms with E-state index in [1.807, 2.05) is 0 Å². The van der Waals surface area contributed by atoms with Crippen LogP contribution in [-0.4, -0.2) is 25.5 Å². The summed E-state index contributed by atoms with van der Waals surface area (Å²) >= 11 is 0. The molecule has 0 bridgehead atoms. The second-order valence-corrected chi connectivity index (χ2v) is 3.49. The van der Waals surface area contributed by atoms with Crippen molar-refractivity contribution in [1.29, 1.82) is 0 Å². The highest BCUT2D eigenvalue weighted by Gasteiger charge is 2.03. The summed E-state index contributed by atoms with van der Waals surface area (Å²) < 4.78 is 4.45. The highest BCUT2D eigenvalue weighted by atomic mass is 16.5. The van der Waals surface area contributed by atoms with Crippen LogP contribution in [0.3, 0.4) is 0 Å². The van der Waals surface area contributed by atoms with Gasteiger partial charge in [0, 0.05) is 13.0 Å². The minimum absolute atomic E-state index is 0.0232. The number of ether oxygens (including phenoxy) is 1. The van der Waals surface area contributed by atoms with Crippen molar-refractivity contribution < 1.29 is 14.3 Å². The maximum absolute atomic E-state index is 11.2. The van der Waals surface area contributed by atoms with E-state index in [4.69, 9.17) is 0 Å². The van der Waals surface area contributed by atoms with Gasteiger partial charge in [-0.3, -0.25) is 9.59 Å². The fraction of sp³-hybridized carbons (Fsp3) is 0.818. The molecule has 0 heterocycles. The van der Waals surface area contributed by atoms with Gasteiger partial charge in [0.25, 0.3) is 0 Å². The number of carbonyl (C=O) groups is 2. The van der Waals surface area contributed by atoms with Gasteiger partial charge in [0.15, 0.2) is 0 Å². The standard InChI is InChI=1S/C11H21NO3/c1-3-4-5-6-7-10(13)12-9-8-11(14)15-2/h3-9H2,1-2H3,(H,12,13). The number of unbranched alkanes of at least 4 members (excludes halogenated alkanes) is 3. The van der Waals surface area contributed by atoms with Crippen LogP contribution in [0, 0.1) is 0 Å². The van der Waals surface area contributed by atoms with Crippen LogP contribution in [0.4, 0.5) is 0 Å². The third kappa shape index (κ3) is 9.25. The van der Waals surface area contributed by atoms with Gasteiger partial charge in [0.1, 0.15) is 0 Å². The molecule has 1 amide bonds. The lowest BCUT2D eigenvalue weighted by Gasteiger charge is -2.03. The van der Waals surface area contributed by atoms with Gasteiger partial charge >= 0.3 is 5.97 Å². The van der Waals surface area contributed by atoms with E-state index in [-0.39, 0.29) is 18.3 Å². The molecular formula is C11H21NO3. The lowest BCUT2D eigenvalue weighted by molar-refractivity contribution is -0.140. The summed E-state index contributed by atoms with van der Waals surface area (Å²) in [7, 11) is 1.34. The molecule has 0 aromatic heterocycles. The third-order valence-corrected chi connectivity index (χ3v) is 2.14. The van der Waals surface area contributed by atoms with Crippen LogP contribution in [0.2, 0.25) is 0 Å². The van der Waals surface area contributed by atoms with Crippen LogP contribution < -0.4 is 5.32 Å². The predicted molar refractivity (Wildman–Crippen MR) is 58.4 cm³/mol. The van der Waals surface area contributed by atoms with Crippen molar-refractivity contribution in [2.45, 2.75) is 45.4 Å². The molecule has 0 fully saturated rings. The molecule has 0 aromatic rings. The van der Waals surface area contributed by atoms with Crippen LogP contribution in [0.1, 0.15) is 45.4 Å². The Morgan fingerprint density at radius 3 is 2.47 bits per heavy atom. The molecule has 0 saturated carbocycles. The van der Waals surface area contributed by atoms with Gasteiger partial charge in [-0.05, 0) is 6.42 Å². The number of nitrogens with one attached hydrogen (secondary N) is 1. The minimum Gasteiger partial charge on any atom is -0.469 e. The maximum atomic E-state index is 11.2. The SMILES string of the molecule is CCCCCCC(=O)NCCC(=O)OC. The van der Waals surface area contributed by atoms with Crippen molar-refractivity contribution in [2.75, 3.05) is 13.7 Å². The Kier molecular flexibility index (Phi) is 8.82. The van der Waals surface area contributed by atoms with Crippen molar-refractivity contribution >= 4 is 11.9 Å². The number of hydrogen-bond donors (Lipinski definition) is 1. The zero-order chi connectivity index (χ0) is 11.5. The van der Waals surface area contributed by atoms with E-state index >= 15 is 0 Å². The molecule has 0 aromatic carbocycles. The quantitative estimate of drug-likeness (QED) is 0.494. The first-order valence-corrected chi connectivity index (χ1v) is 5.54. The first-order chi connectivity index (χ1) is 7.20. The highest BCUT2D eigenvalue weighted by molar-refractivity contribution is 5.76. The molecule has 4 heteroatoms. The summed E-state index contributed by atoms with van der Waals surface area (Å²) in [5.41, 5.74) is 0. The molecule has 0 rings (SSSR count). The summed E-state index contributed by atoms with van der Waals surface area (Å²) in [6.07, 6.45) is 5.18. The van der Waals surface area contributed by atoms with Crippen LogP contribution in [-0.2, 0) is 14.3 Å². The molecule has 4 nitrogen and oxygen atoms in total. The van der Waals surface area contributed by atoms with Gasteiger partial charge in [-0.1, -0.05) is 26.2 Å². The number of hydrogen-bond acceptors (Lipinski definition) is 3. The second-order valence-electron chi connectivity index (χ2n) is 3.49. The Morgan fingerprint density at radius 2 is 1.87 bits per heavy atom. The fourth-order valence-corrected chi connectivity index (χ4v) is 1.21. The van der Waals surface area contributed by atoms with E-state index in [1.165, 1.54) is 20.0 Å². The van der Waals surface area contributed by atoms with Crippen LogP contribution in [0.15, 0.2) is 0 Å². The molecule has 0 aliphatic heterocycles. The normalized spacial score (nSPS) is 9.73. The number of methoxy groups -OCH3 is 1. The van der Waals surface area contributed by atoms with Crippen molar-refractivity contribution in [2.24, 2.45) is 0 Å². The molecule has 0 unspecified atom stereocenters. The molecule has 0 saturated heterocycles. The number of amides is 1. The summed E-state index contributed by atoms with van der Waals surface area (Å²) in [5, 5.41) is 2.69. The second kappa shape index (κ2) is 9.49. The van der Waals surface area contributed by atoms with Crippen molar-refractivity contribution in [3.63, 3.8) is 0 Å². The summed E-state index contributed by atoms with van der Waals surface area (Å²) in [4.78, 5) is 21.9. The van der Waals surface area contributed by atoms with Crippen LogP contribution >= 0.6 is 0 Å². The number of rotatable bonds is 8. The number of carbonyl (C=O) groups excluding carboxylic acids is 2. The topological polar surface area (TPSA) is 55.4 Å². The summed E-state index contributed by atoms with van der Waals surface area (Å²) in [5.74, 6) is -0.267. The van der Waals surface area contributed by atoms with Gasteiger partial charge < -0.3 is 10.1 Å². The Hall–Kier alpha value is -1.06. The van der Waals surface area contributed by atoms with E-state index in [9.17, 15) is 9.59 Å². The van der Waals surface area contributed by atoms with Gasteiger partial charge in [0.2, 0.25) is 5.91 Å². The monoisotopic (exact) mass is 215 g/mol. The molecular weight excluding hydrogens is 194 g/mol. The van der Waals surface area contributed by atoms with E-state index in [2.05, 4.69) is 17.0 Å². The zero-order valence-corrected chi connectivity index (χ0v) is 9.67. The van der Waals surface area contributed by atoms with Gasteiger partial charge in [0.05, 0.1) is 13.5 Å². The molecule has 0 atom stereocenters. The van der Waals surface area contributed by atoms with Gasteiger partial charge in [-0.25, -0.2) is 0 Å². The van der Waals surface area contributed by atoms with Crippen LogP contribution in [0.5, 0.6) is 0 Å². The van der Waals surface area contributed by atoms with Gasteiger partial charge in [-0.15, -0.1) is 0 Å². The van der Waals surface area contributed by atoms with E-state index < -0.39 is 0 Å². The third-order valence-electron chi connectivity index (χ3n) is 2.14. The molecule has 1 N–H and O–H groups in total.